The first-order valence-corrected chi connectivity index (χ1v) is 9.23. The minimum absolute atomic E-state index is 0.922. The fourth-order valence-electron chi connectivity index (χ4n) is 3.01. The topological polar surface area (TPSA) is 0 Å². The van der Waals surface area contributed by atoms with Crippen LogP contribution in [0.3, 0.4) is 0 Å². The first-order chi connectivity index (χ1) is 13.4. The molecule has 0 atom stereocenters. The summed E-state index contributed by atoms with van der Waals surface area (Å²) >= 11 is 0. The lowest BCUT2D eigenvalue weighted by molar-refractivity contribution is 1.28. The second-order valence-electron chi connectivity index (χ2n) is 6.25. The molecule has 0 nitrogen and oxygen atoms in total. The van der Waals surface area contributed by atoms with Gasteiger partial charge in [-0.15, -0.1) is 6.58 Å². The molecule has 132 valence electrons. The monoisotopic (exact) mass is 348 g/mol. The van der Waals surface area contributed by atoms with Gasteiger partial charge in [0.1, 0.15) is 0 Å². The van der Waals surface area contributed by atoms with E-state index >= 15 is 0 Å². The van der Waals surface area contributed by atoms with Crippen LogP contribution in [0.5, 0.6) is 0 Å². The Hall–Kier alpha value is -3.38. The number of rotatable bonds is 4. The Morgan fingerprint density at radius 1 is 0.481 bits per heavy atom. The lowest BCUT2D eigenvalue weighted by atomic mass is 9.98. The Kier molecular flexibility index (Phi) is 6.78. The third-order valence-corrected chi connectivity index (χ3v) is 4.35. The van der Waals surface area contributed by atoms with Gasteiger partial charge in [-0.1, -0.05) is 121 Å². The minimum Gasteiger partial charge on any atom is -0.103 e. The first kappa shape index (κ1) is 18.4. The van der Waals surface area contributed by atoms with Crippen molar-refractivity contribution in [2.75, 3.05) is 0 Å². The van der Waals surface area contributed by atoms with Crippen molar-refractivity contribution in [3.05, 3.63) is 133 Å². The van der Waals surface area contributed by atoms with E-state index < -0.39 is 0 Å². The predicted molar refractivity (Wildman–Crippen MR) is 118 cm³/mol. The Bertz CT molecular complexity index is 901. The third-order valence-electron chi connectivity index (χ3n) is 4.35. The van der Waals surface area contributed by atoms with Crippen molar-refractivity contribution in [2.24, 2.45) is 0 Å². The van der Waals surface area contributed by atoms with Gasteiger partial charge in [0, 0.05) is 0 Å². The van der Waals surface area contributed by atoms with Gasteiger partial charge in [0.15, 0.2) is 0 Å². The Labute approximate surface area is 162 Å². The third kappa shape index (κ3) is 5.29. The van der Waals surface area contributed by atoms with Gasteiger partial charge >= 0.3 is 0 Å². The highest BCUT2D eigenvalue weighted by molar-refractivity contribution is 5.67. The summed E-state index contributed by atoms with van der Waals surface area (Å²) < 4.78 is 0. The molecule has 4 aromatic carbocycles. The molecule has 0 spiro atoms. The van der Waals surface area contributed by atoms with E-state index in [1.54, 1.807) is 0 Å². The van der Waals surface area contributed by atoms with Crippen LogP contribution in [0.4, 0.5) is 0 Å². The number of allylic oxidation sites excluding steroid dienone is 1. The molecular weight excluding hydrogens is 324 g/mol. The Morgan fingerprint density at radius 3 is 1.37 bits per heavy atom. The summed E-state index contributed by atoms with van der Waals surface area (Å²) in [6.07, 6.45) is 2.87. The van der Waals surface area contributed by atoms with Crippen LogP contribution >= 0.6 is 0 Å². The zero-order valence-corrected chi connectivity index (χ0v) is 15.5. The minimum atomic E-state index is 0.922. The van der Waals surface area contributed by atoms with Crippen molar-refractivity contribution in [2.45, 2.75) is 6.42 Å². The molecule has 0 aromatic heterocycles. The van der Waals surface area contributed by atoms with Crippen molar-refractivity contribution < 1.29 is 0 Å². The van der Waals surface area contributed by atoms with Gasteiger partial charge in [-0.25, -0.2) is 0 Å². The summed E-state index contributed by atoms with van der Waals surface area (Å²) in [5.41, 5.74) is 6.46. The van der Waals surface area contributed by atoms with Crippen molar-refractivity contribution in [3.63, 3.8) is 0 Å². The van der Waals surface area contributed by atoms with Crippen LogP contribution in [0.25, 0.3) is 22.3 Å². The number of hydrogen-bond acceptors (Lipinski definition) is 0. The standard InChI is InChI=1S/C15H14.C12H10/c1-2-8-13-11-6-7-12-15(13)14-9-4-3-5-10-14;1-3-7-11(8-4-1)12-9-5-2-6-10-12/h2-7,9-12H,1,8H2;1-10H. The molecule has 0 bridgehead atoms. The zero-order valence-electron chi connectivity index (χ0n) is 15.5. The Balaban J connectivity index is 0.000000159. The van der Waals surface area contributed by atoms with Crippen LogP contribution in [0.1, 0.15) is 5.56 Å². The quantitative estimate of drug-likeness (QED) is 0.336. The number of hydrogen-bond donors (Lipinski definition) is 0. The highest BCUT2D eigenvalue weighted by Gasteiger charge is 2.01. The van der Waals surface area contributed by atoms with Crippen LogP contribution < -0.4 is 0 Å². The molecule has 0 unspecified atom stereocenters. The molecule has 0 fully saturated rings. The summed E-state index contributed by atoms with van der Waals surface area (Å²) in [5, 5.41) is 0. The molecule has 4 rings (SSSR count). The van der Waals surface area contributed by atoms with E-state index in [4.69, 9.17) is 0 Å². The van der Waals surface area contributed by atoms with Crippen LogP contribution in [0, 0.1) is 0 Å². The molecule has 0 aliphatic heterocycles. The van der Waals surface area contributed by atoms with Gasteiger partial charge in [-0.3, -0.25) is 0 Å². The maximum absolute atomic E-state index is 3.79. The molecule has 0 amide bonds. The molecule has 0 heterocycles. The molecule has 27 heavy (non-hydrogen) atoms. The smallest absolute Gasteiger partial charge is 0.00940 e. The summed E-state index contributed by atoms with van der Waals surface area (Å²) in [5.74, 6) is 0. The van der Waals surface area contributed by atoms with Crippen LogP contribution in [0.2, 0.25) is 0 Å². The van der Waals surface area contributed by atoms with Crippen LogP contribution in [0.15, 0.2) is 128 Å². The van der Waals surface area contributed by atoms with E-state index in [0.29, 0.717) is 0 Å². The summed E-state index contributed by atoms with van der Waals surface area (Å²) in [6, 6.07) is 39.7. The zero-order chi connectivity index (χ0) is 18.7. The number of benzene rings is 4. The Morgan fingerprint density at radius 2 is 0.889 bits per heavy atom. The van der Waals surface area contributed by atoms with Gasteiger partial charge in [0.05, 0.1) is 0 Å². The molecule has 0 radical (unpaired) electrons. The van der Waals surface area contributed by atoms with Gasteiger partial charge in [0.25, 0.3) is 0 Å². The van der Waals surface area contributed by atoms with Gasteiger partial charge in [-0.05, 0) is 34.2 Å². The van der Waals surface area contributed by atoms with Gasteiger partial charge in [0.2, 0.25) is 0 Å². The fourth-order valence-corrected chi connectivity index (χ4v) is 3.01. The summed E-state index contributed by atoms with van der Waals surface area (Å²) in [7, 11) is 0. The van der Waals surface area contributed by atoms with Crippen molar-refractivity contribution >= 4 is 0 Å². The predicted octanol–water partition coefficient (Wildman–Crippen LogP) is 7.44. The van der Waals surface area contributed by atoms with E-state index in [1.807, 2.05) is 24.3 Å². The van der Waals surface area contributed by atoms with Gasteiger partial charge < -0.3 is 0 Å². The van der Waals surface area contributed by atoms with Gasteiger partial charge in [-0.2, -0.15) is 0 Å². The highest BCUT2D eigenvalue weighted by Crippen LogP contribution is 2.23. The fraction of sp³-hybridized carbons (Fsp3) is 0.0370. The van der Waals surface area contributed by atoms with E-state index in [9.17, 15) is 0 Å². The molecule has 4 aromatic rings. The average Bonchev–Trinajstić information content (AvgIpc) is 2.77. The summed E-state index contributed by atoms with van der Waals surface area (Å²) in [4.78, 5) is 0. The molecule has 0 saturated heterocycles. The van der Waals surface area contributed by atoms with Crippen molar-refractivity contribution in [1.82, 2.24) is 0 Å². The largest absolute Gasteiger partial charge is 0.103 e. The lowest BCUT2D eigenvalue weighted by Gasteiger charge is -2.07. The van der Waals surface area contributed by atoms with E-state index in [-0.39, 0.29) is 0 Å². The maximum Gasteiger partial charge on any atom is -0.00940 e. The van der Waals surface area contributed by atoms with E-state index in [2.05, 4.69) is 104 Å². The first-order valence-electron chi connectivity index (χ1n) is 9.23. The van der Waals surface area contributed by atoms with Crippen molar-refractivity contribution in [3.8, 4) is 22.3 Å². The van der Waals surface area contributed by atoms with Crippen LogP contribution in [-0.4, -0.2) is 0 Å². The average molecular weight is 348 g/mol. The second kappa shape index (κ2) is 9.94. The maximum atomic E-state index is 3.79. The van der Waals surface area contributed by atoms with E-state index in [1.165, 1.54) is 27.8 Å². The van der Waals surface area contributed by atoms with E-state index in [0.717, 1.165) is 6.42 Å². The summed E-state index contributed by atoms with van der Waals surface area (Å²) in [6.45, 7) is 3.79. The normalized spacial score (nSPS) is 9.78. The molecule has 0 aliphatic rings. The molecule has 0 saturated carbocycles. The molecule has 0 heteroatoms. The second-order valence-corrected chi connectivity index (χ2v) is 6.25. The molecule has 0 N–H and O–H groups in total. The SMILES string of the molecule is C=CCc1ccccc1-c1ccccc1.c1ccc(-c2ccccc2)cc1. The van der Waals surface area contributed by atoms with Crippen LogP contribution in [-0.2, 0) is 6.42 Å². The highest BCUT2D eigenvalue weighted by atomic mass is 14.1. The van der Waals surface area contributed by atoms with Crippen molar-refractivity contribution in [1.29, 1.82) is 0 Å². The lowest BCUT2D eigenvalue weighted by Crippen LogP contribution is -1.86. The molecular formula is C27H24. The molecule has 0 aliphatic carbocycles.